The first-order valence-corrected chi connectivity index (χ1v) is 27.7. The molecule has 2 atom stereocenters. The van der Waals surface area contributed by atoms with Gasteiger partial charge in [-0.2, -0.15) is 9.97 Å². The molecule has 0 radical (unpaired) electrons. The van der Waals surface area contributed by atoms with Crippen LogP contribution in [0.4, 0.5) is 61.2 Å². The summed E-state index contributed by atoms with van der Waals surface area (Å²) in [5.41, 5.74) is 3.32. The molecule has 10 heterocycles. The van der Waals surface area contributed by atoms with Crippen molar-refractivity contribution in [3.63, 3.8) is 0 Å². The summed E-state index contributed by atoms with van der Waals surface area (Å²) >= 11 is 0. The molecule has 6 aromatic rings. The van der Waals surface area contributed by atoms with Crippen LogP contribution in [0.1, 0.15) is 101 Å². The Kier molecular flexibility index (Phi) is 13.5. The van der Waals surface area contributed by atoms with Gasteiger partial charge in [0, 0.05) is 84.7 Å². The van der Waals surface area contributed by atoms with Crippen LogP contribution in [0.5, 0.6) is 0 Å². The van der Waals surface area contributed by atoms with Crippen molar-refractivity contribution in [3.8, 4) is 0 Å². The Hall–Kier alpha value is -6.50. The maximum atomic E-state index is 15.6. The van der Waals surface area contributed by atoms with Crippen LogP contribution >= 0.6 is 0 Å². The first-order chi connectivity index (χ1) is 38.5. The second-order valence-electron chi connectivity index (χ2n) is 24.7. The first-order valence-electron chi connectivity index (χ1n) is 27.7. The standard InChI is InChI=1S/C57H66B2F6N12O5/c1-52(2)53(3,4)80-58(79-52)37-13-11-35(25-39(37)60)68-45-15-19-66-50(70-45)74-21-17-33-23-41(72(9)43(33)27-74)47(76-29-56(62,63)30-76)49(78)48(77-31-57(64,65)32-77)42-24-34-18-22-75(28-44(34)73(42)10)51-67-20-16-46(71-51)69-36-12-14-38(40(61)26-36)59-81-54(5,6)55(7,8)82-59/h11-16,19-20,23-26,47-48H,17-18,21-22,27-32H2,1-10H3,(H,66,68,70)(H,67,69,71). The number of alkyl halides is 4. The monoisotopic (exact) mass is 1130 g/mol. The van der Waals surface area contributed by atoms with Crippen molar-refractivity contribution < 1.29 is 49.8 Å². The molecule has 6 aliphatic rings. The topological polar surface area (TPSA) is 152 Å². The van der Waals surface area contributed by atoms with Gasteiger partial charge in [-0.05, 0) is 128 Å². The van der Waals surface area contributed by atoms with E-state index in [4.69, 9.17) is 28.6 Å². The quantitative estimate of drug-likeness (QED) is 0.0810. The van der Waals surface area contributed by atoms with Crippen LogP contribution in [0.25, 0.3) is 0 Å². The zero-order valence-corrected chi connectivity index (χ0v) is 47.6. The predicted molar refractivity (Wildman–Crippen MR) is 299 cm³/mol. The predicted octanol–water partition coefficient (Wildman–Crippen LogP) is 7.69. The van der Waals surface area contributed by atoms with Gasteiger partial charge in [0.25, 0.3) is 11.8 Å². The Balaban J connectivity index is 0.772. The third-order valence-corrected chi connectivity index (χ3v) is 17.9. The normalized spacial score (nSPS) is 22.0. The molecule has 6 aliphatic heterocycles. The largest absolute Gasteiger partial charge is 0.497 e. The smallest absolute Gasteiger partial charge is 0.399 e. The minimum absolute atomic E-state index is 0.277. The molecule has 4 fully saturated rings. The van der Waals surface area contributed by atoms with Gasteiger partial charge >= 0.3 is 14.2 Å². The van der Waals surface area contributed by atoms with Crippen LogP contribution < -0.4 is 31.4 Å². The van der Waals surface area contributed by atoms with Crippen LogP contribution in [0.15, 0.2) is 73.1 Å². The van der Waals surface area contributed by atoms with E-state index in [0.29, 0.717) is 85.3 Å². The van der Waals surface area contributed by atoms with Crippen molar-refractivity contribution in [1.82, 2.24) is 38.9 Å². The number of halogens is 6. The number of anilines is 6. The van der Waals surface area contributed by atoms with E-state index in [0.717, 1.165) is 22.5 Å². The number of aromatic nitrogens is 6. The Bertz CT molecular complexity index is 3240. The highest BCUT2D eigenvalue weighted by Gasteiger charge is 2.57. The fourth-order valence-electron chi connectivity index (χ4n) is 11.8. The number of benzene rings is 2. The zero-order valence-electron chi connectivity index (χ0n) is 47.6. The Morgan fingerprint density at radius 1 is 0.561 bits per heavy atom. The molecule has 12 rings (SSSR count). The molecule has 25 heteroatoms. The minimum atomic E-state index is -3.05. The number of Topliss-reactive ketones (excluding diaryl/α,β-unsaturated/α-hetero) is 1. The van der Waals surface area contributed by atoms with Crippen molar-refractivity contribution in [1.29, 1.82) is 0 Å². The second kappa shape index (κ2) is 19.8. The van der Waals surface area contributed by atoms with E-state index in [1.807, 2.05) is 86.5 Å². The van der Waals surface area contributed by atoms with Gasteiger partial charge in [0.1, 0.15) is 35.4 Å². The van der Waals surface area contributed by atoms with Gasteiger partial charge in [-0.3, -0.25) is 14.6 Å². The average Bonchev–Trinajstić information content (AvgIpc) is 4.16. The van der Waals surface area contributed by atoms with Crippen molar-refractivity contribution >= 4 is 65.9 Å². The lowest BCUT2D eigenvalue weighted by atomic mass is 9.78. The summed E-state index contributed by atoms with van der Waals surface area (Å²) in [5, 5.41) is 6.36. The maximum Gasteiger partial charge on any atom is 0.497 e. The number of hydrogen-bond donors (Lipinski definition) is 2. The third kappa shape index (κ3) is 10.1. The second-order valence-corrected chi connectivity index (χ2v) is 24.7. The molecule has 0 bridgehead atoms. The van der Waals surface area contributed by atoms with Crippen LogP contribution in [0.3, 0.4) is 0 Å². The number of carbonyl (C=O) groups is 1. The number of nitrogens with one attached hydrogen (secondary N) is 2. The zero-order chi connectivity index (χ0) is 58.2. The molecule has 2 N–H and O–H groups in total. The maximum absolute atomic E-state index is 15.6. The lowest BCUT2D eigenvalue weighted by Crippen LogP contribution is -2.62. The molecule has 0 saturated carbocycles. The average molecular weight is 1130 g/mol. The van der Waals surface area contributed by atoms with Gasteiger partial charge in [0.15, 0.2) is 5.78 Å². The summed E-state index contributed by atoms with van der Waals surface area (Å²) < 4.78 is 119. The van der Waals surface area contributed by atoms with Crippen LogP contribution in [-0.4, -0.2) is 132 Å². The van der Waals surface area contributed by atoms with E-state index < -0.39 is 104 Å². The van der Waals surface area contributed by atoms with Crippen molar-refractivity contribution in [3.05, 3.63) is 119 Å². The fraction of sp³-hybridized carbons (Fsp3) is 0.491. The summed E-state index contributed by atoms with van der Waals surface area (Å²) in [5.74, 6) is -5.98. The number of nitrogens with zero attached hydrogens (tertiary/aromatic N) is 10. The van der Waals surface area contributed by atoms with Gasteiger partial charge in [-0.25, -0.2) is 36.3 Å². The van der Waals surface area contributed by atoms with E-state index in [1.54, 1.807) is 62.9 Å². The molecular weight excluding hydrogens is 1070 g/mol. The molecule has 17 nitrogen and oxygen atoms in total. The summed E-state index contributed by atoms with van der Waals surface area (Å²) in [6, 6.07) is 14.1. The fourth-order valence-corrected chi connectivity index (χ4v) is 11.8. The molecule has 0 aliphatic carbocycles. The number of likely N-dealkylation sites (tertiary alicyclic amines) is 2. The number of fused-ring (bicyclic) bond motifs is 2. The number of ketones is 1. The van der Waals surface area contributed by atoms with E-state index in [2.05, 4.69) is 20.6 Å². The molecule has 0 amide bonds. The summed E-state index contributed by atoms with van der Waals surface area (Å²) in [4.78, 5) is 41.1. The van der Waals surface area contributed by atoms with E-state index >= 15 is 13.6 Å². The van der Waals surface area contributed by atoms with Crippen molar-refractivity contribution in [2.24, 2.45) is 14.1 Å². The Labute approximate surface area is 473 Å². The van der Waals surface area contributed by atoms with E-state index in [1.165, 1.54) is 21.9 Å². The molecule has 2 unspecified atom stereocenters. The number of hydrogen-bond acceptors (Lipinski definition) is 15. The molecule has 432 valence electrons. The molecule has 2 aromatic carbocycles. The Morgan fingerprint density at radius 2 is 0.927 bits per heavy atom. The highest BCUT2D eigenvalue weighted by molar-refractivity contribution is 6.62. The molecule has 4 saturated heterocycles. The third-order valence-electron chi connectivity index (χ3n) is 17.9. The highest BCUT2D eigenvalue weighted by Crippen LogP contribution is 2.45. The summed E-state index contributed by atoms with van der Waals surface area (Å²) in [6.45, 7) is 14.1. The van der Waals surface area contributed by atoms with E-state index in [9.17, 15) is 17.6 Å². The number of carbonyl (C=O) groups excluding carboxylic acids is 1. The van der Waals surface area contributed by atoms with Gasteiger partial charge in [-0.1, -0.05) is 12.1 Å². The highest BCUT2D eigenvalue weighted by atomic mass is 19.3. The van der Waals surface area contributed by atoms with E-state index in [-0.39, 0.29) is 10.9 Å². The van der Waals surface area contributed by atoms with Crippen LogP contribution in [0, 0.1) is 11.6 Å². The van der Waals surface area contributed by atoms with Crippen LogP contribution in [-0.2, 0) is 63.4 Å². The minimum Gasteiger partial charge on any atom is -0.399 e. The van der Waals surface area contributed by atoms with Crippen molar-refractivity contribution in [2.75, 3.05) is 59.7 Å². The Morgan fingerprint density at radius 3 is 1.27 bits per heavy atom. The van der Waals surface area contributed by atoms with Crippen molar-refractivity contribution in [2.45, 2.75) is 128 Å². The van der Waals surface area contributed by atoms with Gasteiger partial charge in [0.05, 0.1) is 61.7 Å². The summed E-state index contributed by atoms with van der Waals surface area (Å²) in [7, 11) is 1.85. The van der Waals surface area contributed by atoms with Gasteiger partial charge in [-0.15, -0.1) is 0 Å². The number of rotatable bonds is 14. The van der Waals surface area contributed by atoms with Gasteiger partial charge < -0.3 is 48.2 Å². The lowest BCUT2D eigenvalue weighted by molar-refractivity contribution is -0.174. The van der Waals surface area contributed by atoms with Gasteiger partial charge in [0.2, 0.25) is 11.9 Å². The molecule has 4 aromatic heterocycles. The molecule has 82 heavy (non-hydrogen) atoms. The lowest BCUT2D eigenvalue weighted by Gasteiger charge is -2.47. The molecule has 0 spiro atoms. The summed E-state index contributed by atoms with van der Waals surface area (Å²) in [6.07, 6.45) is 4.21. The molecular formula is C57H66B2F6N12O5. The first kappa shape index (κ1) is 56.0. The SMILES string of the molecule is Cn1c(C(C(=O)C(c2cc3c(n2C)CN(c2nccc(Nc4ccc(B5OC(C)(C)C(C)(C)O5)c(F)c4)n2)CC3)N2CC(F)(F)C2)N2CC(F)(F)C2)cc2c1CN(c1nccc(Nc3ccc(B4OC(C)(C)C(C)(C)O4)c(F)c3)n1)CC2. The van der Waals surface area contributed by atoms with Crippen LogP contribution in [0.2, 0.25) is 0 Å².